The van der Waals surface area contributed by atoms with Crippen molar-refractivity contribution >= 4 is 16.9 Å². The molecule has 3 atom stereocenters. The fraction of sp³-hybridized carbons (Fsp3) is 0.600. The Labute approximate surface area is 158 Å². The van der Waals surface area contributed by atoms with Gasteiger partial charge in [0.1, 0.15) is 11.6 Å². The minimum Gasteiger partial charge on any atom is -0.380 e. The number of benzene rings is 1. The van der Waals surface area contributed by atoms with Crippen molar-refractivity contribution in [2.24, 2.45) is 11.7 Å². The summed E-state index contributed by atoms with van der Waals surface area (Å²) < 4.78 is 18.8. The number of piperidine rings is 1. The number of carbonyl (C=O) groups excluding carboxylic acids is 1. The van der Waals surface area contributed by atoms with Gasteiger partial charge in [-0.2, -0.15) is 0 Å². The number of H-pyrrole nitrogens is 1. The van der Waals surface area contributed by atoms with E-state index in [9.17, 15) is 9.18 Å². The van der Waals surface area contributed by atoms with Crippen molar-refractivity contribution < 1.29 is 13.9 Å². The first-order chi connectivity index (χ1) is 13.0. The summed E-state index contributed by atoms with van der Waals surface area (Å²) >= 11 is 0. The van der Waals surface area contributed by atoms with Crippen LogP contribution < -0.4 is 5.73 Å². The number of amides is 1. The minimum atomic E-state index is -0.264. The second-order valence-corrected chi connectivity index (χ2v) is 7.83. The zero-order valence-corrected chi connectivity index (χ0v) is 15.7. The third kappa shape index (κ3) is 3.71. The van der Waals surface area contributed by atoms with Gasteiger partial charge >= 0.3 is 0 Å². The standard InChI is InChI=1S/C20H27FN4O2/c1-27-18-5-2-13(10-15(18)22)20(26)25-8-6-12(7-9-25)19-23-16-4-3-14(21)11-17(16)24-19/h3-4,11-13,15,18H,2,5-10,22H2,1H3,(H,23,24)/t13-,15+,18+/m0/s1. The number of carbonyl (C=O) groups is 1. The average molecular weight is 374 g/mol. The van der Waals surface area contributed by atoms with Crippen LogP contribution in [0.3, 0.4) is 0 Å². The summed E-state index contributed by atoms with van der Waals surface area (Å²) in [6, 6.07) is 4.54. The first-order valence-corrected chi connectivity index (χ1v) is 9.77. The van der Waals surface area contributed by atoms with Gasteiger partial charge in [-0.1, -0.05) is 0 Å². The van der Waals surface area contributed by atoms with Gasteiger partial charge in [-0.15, -0.1) is 0 Å². The number of rotatable bonds is 3. The van der Waals surface area contributed by atoms with Crippen LogP contribution in [-0.2, 0) is 9.53 Å². The van der Waals surface area contributed by atoms with Crippen molar-refractivity contribution in [3.8, 4) is 0 Å². The van der Waals surface area contributed by atoms with Gasteiger partial charge in [-0.3, -0.25) is 4.79 Å². The molecule has 0 radical (unpaired) electrons. The first-order valence-electron chi connectivity index (χ1n) is 9.77. The lowest BCUT2D eigenvalue weighted by atomic mass is 9.82. The molecule has 0 bridgehead atoms. The lowest BCUT2D eigenvalue weighted by molar-refractivity contribution is -0.138. The summed E-state index contributed by atoms with van der Waals surface area (Å²) in [4.78, 5) is 22.7. The van der Waals surface area contributed by atoms with Gasteiger partial charge in [0.25, 0.3) is 0 Å². The second kappa shape index (κ2) is 7.56. The number of fused-ring (bicyclic) bond motifs is 1. The summed E-state index contributed by atoms with van der Waals surface area (Å²) in [5, 5.41) is 0. The van der Waals surface area contributed by atoms with Gasteiger partial charge < -0.3 is 20.4 Å². The molecule has 7 heteroatoms. The van der Waals surface area contributed by atoms with Crippen LogP contribution in [0.2, 0.25) is 0 Å². The average Bonchev–Trinajstić information content (AvgIpc) is 3.10. The highest BCUT2D eigenvalue weighted by atomic mass is 19.1. The molecule has 2 aromatic rings. The highest BCUT2D eigenvalue weighted by molar-refractivity contribution is 5.79. The molecule has 4 rings (SSSR count). The summed E-state index contributed by atoms with van der Waals surface area (Å²) in [5.74, 6) is 1.14. The van der Waals surface area contributed by atoms with Gasteiger partial charge in [0.15, 0.2) is 0 Å². The van der Waals surface area contributed by atoms with E-state index in [1.54, 1.807) is 13.2 Å². The molecule has 2 heterocycles. The normalized spacial score (nSPS) is 27.2. The third-order valence-electron chi connectivity index (χ3n) is 6.14. The molecule has 1 saturated heterocycles. The molecule has 1 saturated carbocycles. The van der Waals surface area contributed by atoms with E-state index in [1.807, 2.05) is 4.90 Å². The van der Waals surface area contributed by atoms with Crippen molar-refractivity contribution in [2.75, 3.05) is 20.2 Å². The summed E-state index contributed by atoms with van der Waals surface area (Å²) in [6.45, 7) is 1.46. The van der Waals surface area contributed by atoms with Gasteiger partial charge in [0, 0.05) is 38.1 Å². The predicted molar refractivity (Wildman–Crippen MR) is 101 cm³/mol. The molecule has 27 heavy (non-hydrogen) atoms. The predicted octanol–water partition coefficient (Wildman–Crippen LogP) is 2.55. The second-order valence-electron chi connectivity index (χ2n) is 7.83. The van der Waals surface area contributed by atoms with Gasteiger partial charge in [-0.25, -0.2) is 9.37 Å². The Morgan fingerprint density at radius 3 is 2.78 bits per heavy atom. The zero-order chi connectivity index (χ0) is 19.0. The van der Waals surface area contributed by atoms with Crippen LogP contribution in [0.25, 0.3) is 11.0 Å². The quantitative estimate of drug-likeness (QED) is 0.865. The van der Waals surface area contributed by atoms with E-state index < -0.39 is 0 Å². The Bertz CT molecular complexity index is 815. The lowest BCUT2D eigenvalue weighted by Crippen LogP contribution is -2.48. The summed E-state index contributed by atoms with van der Waals surface area (Å²) in [7, 11) is 1.68. The maximum Gasteiger partial charge on any atom is 0.225 e. The van der Waals surface area contributed by atoms with Crippen molar-refractivity contribution in [2.45, 2.75) is 50.2 Å². The number of hydrogen-bond acceptors (Lipinski definition) is 4. The number of hydrogen-bond donors (Lipinski definition) is 2. The number of aromatic amines is 1. The maximum absolute atomic E-state index is 13.4. The van der Waals surface area contributed by atoms with E-state index in [0.29, 0.717) is 6.42 Å². The number of nitrogens with one attached hydrogen (secondary N) is 1. The van der Waals surface area contributed by atoms with Crippen molar-refractivity contribution in [1.29, 1.82) is 0 Å². The Morgan fingerprint density at radius 1 is 1.30 bits per heavy atom. The largest absolute Gasteiger partial charge is 0.380 e. The number of halogens is 1. The van der Waals surface area contributed by atoms with Crippen molar-refractivity contribution in [1.82, 2.24) is 14.9 Å². The molecule has 0 spiro atoms. The number of aromatic nitrogens is 2. The van der Waals surface area contributed by atoms with E-state index in [2.05, 4.69) is 9.97 Å². The zero-order valence-electron chi connectivity index (χ0n) is 15.7. The van der Waals surface area contributed by atoms with Gasteiger partial charge in [0.05, 0.1) is 17.1 Å². The highest BCUT2D eigenvalue weighted by Gasteiger charge is 2.35. The monoisotopic (exact) mass is 374 g/mol. The van der Waals surface area contributed by atoms with Crippen LogP contribution in [0.15, 0.2) is 18.2 Å². The molecule has 2 aliphatic rings. The van der Waals surface area contributed by atoms with Crippen LogP contribution in [0.1, 0.15) is 43.8 Å². The van der Waals surface area contributed by atoms with E-state index in [0.717, 1.165) is 55.6 Å². The number of likely N-dealkylation sites (tertiary alicyclic amines) is 1. The van der Waals surface area contributed by atoms with Crippen LogP contribution in [0.4, 0.5) is 4.39 Å². The molecule has 3 N–H and O–H groups in total. The maximum atomic E-state index is 13.4. The molecule has 1 aromatic carbocycles. The molecule has 0 unspecified atom stereocenters. The Hall–Kier alpha value is -1.99. The number of nitrogens with two attached hydrogens (primary N) is 1. The van der Waals surface area contributed by atoms with Crippen molar-refractivity contribution in [3.63, 3.8) is 0 Å². The fourth-order valence-electron chi connectivity index (χ4n) is 4.52. The summed E-state index contributed by atoms with van der Waals surface area (Å²) in [5.41, 5.74) is 7.67. The third-order valence-corrected chi connectivity index (χ3v) is 6.14. The van der Waals surface area contributed by atoms with Gasteiger partial charge in [0.2, 0.25) is 5.91 Å². The van der Waals surface area contributed by atoms with E-state index in [4.69, 9.17) is 10.5 Å². The Balaban J connectivity index is 1.36. The van der Waals surface area contributed by atoms with E-state index >= 15 is 0 Å². The molecule has 1 amide bonds. The topological polar surface area (TPSA) is 84.2 Å². The fourth-order valence-corrected chi connectivity index (χ4v) is 4.52. The van der Waals surface area contributed by atoms with Crippen LogP contribution >= 0.6 is 0 Å². The SMILES string of the molecule is CO[C@@H]1CC[C@H](C(=O)N2CCC(c3nc4ccc(F)cc4[nH]3)CC2)C[C@H]1N. The molecule has 1 aliphatic carbocycles. The molecule has 1 aliphatic heterocycles. The molecular formula is C20H27FN4O2. The number of methoxy groups -OCH3 is 1. The van der Waals surface area contributed by atoms with Crippen LogP contribution in [0.5, 0.6) is 0 Å². The highest BCUT2D eigenvalue weighted by Crippen LogP contribution is 2.31. The summed E-state index contributed by atoms with van der Waals surface area (Å²) in [6.07, 6.45) is 4.20. The lowest BCUT2D eigenvalue weighted by Gasteiger charge is -2.37. The molecule has 146 valence electrons. The van der Waals surface area contributed by atoms with E-state index in [-0.39, 0.29) is 35.7 Å². The molecule has 2 fully saturated rings. The molecule has 1 aromatic heterocycles. The smallest absolute Gasteiger partial charge is 0.225 e. The molecular weight excluding hydrogens is 347 g/mol. The number of imidazole rings is 1. The minimum absolute atomic E-state index is 0.0112. The first kappa shape index (κ1) is 18.4. The van der Waals surface area contributed by atoms with Gasteiger partial charge in [-0.05, 0) is 50.3 Å². The Morgan fingerprint density at radius 2 is 2.07 bits per heavy atom. The number of nitrogens with zero attached hydrogens (tertiary/aromatic N) is 2. The van der Waals surface area contributed by atoms with E-state index in [1.165, 1.54) is 12.1 Å². The van der Waals surface area contributed by atoms with Crippen LogP contribution in [-0.4, -0.2) is 53.1 Å². The number of ether oxygens (including phenoxy) is 1. The van der Waals surface area contributed by atoms with Crippen LogP contribution in [0, 0.1) is 11.7 Å². The van der Waals surface area contributed by atoms with Crippen molar-refractivity contribution in [3.05, 3.63) is 29.8 Å². The Kier molecular flexibility index (Phi) is 5.14. The molecule has 6 nitrogen and oxygen atoms in total.